The average molecular weight is 307 g/mol. The summed E-state index contributed by atoms with van der Waals surface area (Å²) < 4.78 is 55.5. The normalized spacial score (nSPS) is 11.1. The first-order chi connectivity index (χ1) is 9.77. The topological polar surface area (TPSA) is 55.4 Å². The molecule has 1 aromatic carbocycles. The summed E-state index contributed by atoms with van der Waals surface area (Å²) >= 11 is 0. The van der Waals surface area contributed by atoms with E-state index in [-0.39, 0.29) is 19.4 Å². The van der Waals surface area contributed by atoms with Gasteiger partial charge in [0.1, 0.15) is 5.82 Å². The molecule has 0 unspecified atom stereocenters. The summed E-state index contributed by atoms with van der Waals surface area (Å²) in [5, 5.41) is 2.24. The predicted octanol–water partition coefficient (Wildman–Crippen LogP) is 2.53. The third kappa shape index (κ3) is 4.73. The van der Waals surface area contributed by atoms with Gasteiger partial charge in [0.25, 0.3) is 5.91 Å². The number of alkyl halides is 3. The fraction of sp³-hybridized carbons (Fsp3) is 0.385. The van der Waals surface area contributed by atoms with Crippen LogP contribution in [0.5, 0.6) is 0 Å². The Hall–Kier alpha value is -2.12. The lowest BCUT2D eigenvalue weighted by molar-refractivity contribution is -0.141. The summed E-state index contributed by atoms with van der Waals surface area (Å²) in [5.74, 6) is -3.06. The Bertz CT molecular complexity index is 529. The van der Waals surface area contributed by atoms with Crippen molar-refractivity contribution in [3.05, 3.63) is 35.1 Å². The van der Waals surface area contributed by atoms with E-state index in [0.29, 0.717) is 6.07 Å². The van der Waals surface area contributed by atoms with Crippen molar-refractivity contribution in [2.75, 3.05) is 13.7 Å². The highest BCUT2D eigenvalue weighted by molar-refractivity contribution is 5.94. The molecule has 1 aromatic rings. The number of benzene rings is 1. The molecule has 0 heterocycles. The Kier molecular flexibility index (Phi) is 5.69. The van der Waals surface area contributed by atoms with Crippen LogP contribution in [-0.2, 0) is 15.7 Å². The molecular formula is C13H13F4NO3. The molecule has 0 spiro atoms. The third-order valence-electron chi connectivity index (χ3n) is 2.62. The standard InChI is InChI=1S/C13H13F4NO3/c1-21-10(19)6-3-7-18-12(20)8-4-2-5-9(11(8)14)13(15,16)17/h2,4-5H,3,6-7H2,1H3,(H,18,20). The SMILES string of the molecule is COC(=O)CCCNC(=O)c1cccc(C(F)(F)F)c1F. The molecule has 0 atom stereocenters. The number of carbonyl (C=O) groups excluding carboxylic acids is 2. The van der Waals surface area contributed by atoms with E-state index in [0.717, 1.165) is 12.1 Å². The summed E-state index contributed by atoms with van der Waals surface area (Å²) in [6, 6.07) is 2.47. The zero-order valence-corrected chi connectivity index (χ0v) is 11.1. The van der Waals surface area contributed by atoms with Crippen molar-refractivity contribution < 1.29 is 31.9 Å². The third-order valence-corrected chi connectivity index (χ3v) is 2.62. The lowest BCUT2D eigenvalue weighted by Gasteiger charge is -2.11. The van der Waals surface area contributed by atoms with Crippen LogP contribution in [0.2, 0.25) is 0 Å². The number of nitrogens with one attached hydrogen (secondary N) is 1. The first kappa shape index (κ1) is 16.9. The van der Waals surface area contributed by atoms with Gasteiger partial charge in [-0.05, 0) is 18.6 Å². The van der Waals surface area contributed by atoms with E-state index < -0.39 is 35.0 Å². The molecule has 1 rings (SSSR count). The average Bonchev–Trinajstić information content (AvgIpc) is 2.41. The van der Waals surface area contributed by atoms with E-state index in [4.69, 9.17) is 0 Å². The monoisotopic (exact) mass is 307 g/mol. The van der Waals surface area contributed by atoms with Crippen LogP contribution in [0.3, 0.4) is 0 Å². The summed E-state index contributed by atoms with van der Waals surface area (Å²) in [6.45, 7) is 0.0175. The molecule has 0 aliphatic rings. The van der Waals surface area contributed by atoms with Gasteiger partial charge in [0.05, 0.1) is 18.2 Å². The lowest BCUT2D eigenvalue weighted by Crippen LogP contribution is -2.26. The van der Waals surface area contributed by atoms with Crippen molar-refractivity contribution in [1.82, 2.24) is 5.32 Å². The largest absolute Gasteiger partial charge is 0.469 e. The highest BCUT2D eigenvalue weighted by atomic mass is 19.4. The Labute approximate surface area is 118 Å². The molecule has 0 aliphatic heterocycles. The van der Waals surface area contributed by atoms with Crippen molar-refractivity contribution in [1.29, 1.82) is 0 Å². The van der Waals surface area contributed by atoms with Crippen LogP contribution in [0.4, 0.5) is 17.6 Å². The maximum Gasteiger partial charge on any atom is 0.419 e. The number of rotatable bonds is 5. The summed E-state index contributed by atoms with van der Waals surface area (Å²) in [7, 11) is 1.21. The van der Waals surface area contributed by atoms with Gasteiger partial charge >= 0.3 is 12.1 Å². The smallest absolute Gasteiger partial charge is 0.419 e. The van der Waals surface area contributed by atoms with Crippen molar-refractivity contribution in [2.45, 2.75) is 19.0 Å². The second kappa shape index (κ2) is 7.05. The maximum atomic E-state index is 13.7. The van der Waals surface area contributed by atoms with Crippen LogP contribution in [0.25, 0.3) is 0 Å². The number of hydrogen-bond donors (Lipinski definition) is 1. The number of ether oxygens (including phenoxy) is 1. The number of halogens is 4. The second-order valence-electron chi connectivity index (χ2n) is 4.10. The molecule has 0 saturated heterocycles. The number of amides is 1. The van der Waals surface area contributed by atoms with Crippen LogP contribution in [-0.4, -0.2) is 25.5 Å². The van der Waals surface area contributed by atoms with E-state index >= 15 is 0 Å². The van der Waals surface area contributed by atoms with Crippen LogP contribution in [0, 0.1) is 5.82 Å². The second-order valence-corrected chi connectivity index (χ2v) is 4.10. The Morgan fingerprint density at radius 2 is 1.95 bits per heavy atom. The molecule has 8 heteroatoms. The molecule has 21 heavy (non-hydrogen) atoms. The van der Waals surface area contributed by atoms with Crippen molar-refractivity contribution in [2.24, 2.45) is 0 Å². The molecule has 1 amide bonds. The number of methoxy groups -OCH3 is 1. The molecule has 0 radical (unpaired) electrons. The number of hydrogen-bond acceptors (Lipinski definition) is 3. The van der Waals surface area contributed by atoms with Crippen LogP contribution < -0.4 is 5.32 Å². The zero-order chi connectivity index (χ0) is 16.0. The molecule has 116 valence electrons. The fourth-order valence-electron chi connectivity index (χ4n) is 1.56. The van der Waals surface area contributed by atoms with Crippen molar-refractivity contribution in [3.8, 4) is 0 Å². The van der Waals surface area contributed by atoms with E-state index in [9.17, 15) is 27.2 Å². The van der Waals surface area contributed by atoms with Gasteiger partial charge in [-0.1, -0.05) is 6.07 Å². The van der Waals surface area contributed by atoms with Gasteiger partial charge in [0, 0.05) is 13.0 Å². The van der Waals surface area contributed by atoms with Gasteiger partial charge in [-0.2, -0.15) is 13.2 Å². The van der Waals surface area contributed by atoms with Crippen molar-refractivity contribution >= 4 is 11.9 Å². The molecule has 0 aromatic heterocycles. The molecular weight excluding hydrogens is 294 g/mol. The van der Waals surface area contributed by atoms with E-state index in [1.54, 1.807) is 0 Å². The minimum atomic E-state index is -4.87. The Morgan fingerprint density at radius 3 is 2.52 bits per heavy atom. The Morgan fingerprint density at radius 1 is 1.29 bits per heavy atom. The van der Waals surface area contributed by atoms with E-state index in [2.05, 4.69) is 10.1 Å². The number of carbonyl (C=O) groups is 2. The first-order valence-electron chi connectivity index (χ1n) is 5.98. The van der Waals surface area contributed by atoms with Gasteiger partial charge in [0.15, 0.2) is 0 Å². The van der Waals surface area contributed by atoms with Gasteiger partial charge < -0.3 is 10.1 Å². The highest BCUT2D eigenvalue weighted by Crippen LogP contribution is 2.32. The zero-order valence-electron chi connectivity index (χ0n) is 11.1. The highest BCUT2D eigenvalue weighted by Gasteiger charge is 2.35. The summed E-state index contributed by atoms with van der Waals surface area (Å²) in [5.41, 5.74) is -2.19. The molecule has 0 aliphatic carbocycles. The minimum absolute atomic E-state index is 0.0175. The molecule has 1 N–H and O–H groups in total. The molecule has 4 nitrogen and oxygen atoms in total. The number of esters is 1. The van der Waals surface area contributed by atoms with Gasteiger partial charge in [-0.15, -0.1) is 0 Å². The minimum Gasteiger partial charge on any atom is -0.469 e. The maximum absolute atomic E-state index is 13.7. The molecule has 0 bridgehead atoms. The van der Waals surface area contributed by atoms with E-state index in [1.807, 2.05) is 0 Å². The van der Waals surface area contributed by atoms with Gasteiger partial charge in [-0.25, -0.2) is 4.39 Å². The van der Waals surface area contributed by atoms with Gasteiger partial charge in [0.2, 0.25) is 0 Å². The first-order valence-corrected chi connectivity index (χ1v) is 5.98. The lowest BCUT2D eigenvalue weighted by atomic mass is 10.1. The van der Waals surface area contributed by atoms with E-state index in [1.165, 1.54) is 7.11 Å². The van der Waals surface area contributed by atoms with Crippen LogP contribution >= 0.6 is 0 Å². The van der Waals surface area contributed by atoms with Crippen molar-refractivity contribution in [3.63, 3.8) is 0 Å². The Balaban J connectivity index is 2.69. The summed E-state index contributed by atoms with van der Waals surface area (Å²) in [4.78, 5) is 22.4. The quantitative estimate of drug-likeness (QED) is 0.517. The predicted molar refractivity (Wildman–Crippen MR) is 65.0 cm³/mol. The fourth-order valence-corrected chi connectivity index (χ4v) is 1.56. The summed E-state index contributed by atoms with van der Waals surface area (Å²) in [6.07, 6.45) is -4.59. The van der Waals surface area contributed by atoms with Crippen LogP contribution in [0.1, 0.15) is 28.8 Å². The molecule has 0 saturated carbocycles. The van der Waals surface area contributed by atoms with Crippen LogP contribution in [0.15, 0.2) is 18.2 Å². The van der Waals surface area contributed by atoms with Gasteiger partial charge in [-0.3, -0.25) is 9.59 Å². The molecule has 0 fully saturated rings.